The molecule has 2 aliphatic heterocycles. The summed E-state index contributed by atoms with van der Waals surface area (Å²) in [7, 11) is 0. The number of H-pyrrole nitrogens is 1. The number of β-amino-alcohol motifs (C(OH)–C–C–N with tert-alkyl or cyclic N) is 1. The van der Waals surface area contributed by atoms with Gasteiger partial charge in [0.25, 0.3) is 5.88 Å². The maximum atomic E-state index is 14.2. The lowest BCUT2D eigenvalue weighted by Gasteiger charge is -2.29. The number of rotatable bonds is 14. The highest BCUT2D eigenvalue weighted by Gasteiger charge is 2.43. The third-order valence-corrected chi connectivity index (χ3v) is 13.0. The molecule has 324 valence electrons. The number of benzene rings is 2. The van der Waals surface area contributed by atoms with Crippen LogP contribution in [0.4, 0.5) is 5.82 Å². The molecule has 0 bridgehead atoms. The van der Waals surface area contributed by atoms with E-state index in [0.717, 1.165) is 65.3 Å². The van der Waals surface area contributed by atoms with E-state index in [0.29, 0.717) is 35.8 Å². The number of hydrogen-bond donors (Lipinski definition) is 4. The van der Waals surface area contributed by atoms with Gasteiger partial charge in [-0.15, -0.1) is 21.5 Å². The minimum absolute atomic E-state index is 0.0435. The molecule has 16 heteroatoms. The first-order chi connectivity index (χ1) is 29.9. The molecular weight excluding hydrogens is 807 g/mol. The highest BCUT2D eigenvalue weighted by atomic mass is 32.1. The number of likely N-dealkylation sites (tertiary alicyclic amines) is 1. The topological polar surface area (TPSA) is 186 Å². The lowest BCUT2D eigenvalue weighted by Crippen LogP contribution is -2.48. The Morgan fingerprint density at radius 2 is 1.89 bits per heavy atom. The number of thiazole rings is 1. The molecule has 4 N–H and O–H groups in total. The van der Waals surface area contributed by atoms with Gasteiger partial charge < -0.3 is 39.6 Å². The molecule has 0 spiro atoms. The number of hydrogen-bond acceptors (Lipinski definition) is 12. The van der Waals surface area contributed by atoms with Crippen LogP contribution in [-0.2, 0) is 9.59 Å². The zero-order chi connectivity index (χ0) is 43.5. The summed E-state index contributed by atoms with van der Waals surface area (Å²) in [5.74, 6) is 0.155. The number of aliphatic hydroxyl groups is 1. The predicted molar refractivity (Wildman–Crippen MR) is 238 cm³/mol. The Labute approximate surface area is 364 Å². The minimum Gasteiger partial charge on any atom is -0.507 e. The van der Waals surface area contributed by atoms with E-state index in [2.05, 4.69) is 52.9 Å². The summed E-state index contributed by atoms with van der Waals surface area (Å²) in [5.41, 5.74) is 6.72. The lowest BCUT2D eigenvalue weighted by molar-refractivity contribution is -0.557. The van der Waals surface area contributed by atoms with Crippen molar-refractivity contribution in [3.8, 4) is 33.3 Å². The highest BCUT2D eigenvalue weighted by Crippen LogP contribution is 2.34. The Kier molecular flexibility index (Phi) is 12.7. The number of aromatic hydroxyl groups is 1. The van der Waals surface area contributed by atoms with Crippen LogP contribution in [-0.4, -0.2) is 115 Å². The molecule has 0 radical (unpaired) electrons. The third kappa shape index (κ3) is 9.21. The molecule has 8 rings (SSSR count). The number of amides is 2. The van der Waals surface area contributed by atoms with E-state index in [-0.39, 0.29) is 54.4 Å². The molecule has 6 heterocycles. The number of nitrogens with zero attached hydrogens (tertiary/aromatic N) is 7. The van der Waals surface area contributed by atoms with Crippen LogP contribution < -0.4 is 15.0 Å². The van der Waals surface area contributed by atoms with Crippen LogP contribution in [0.15, 0.2) is 76.8 Å². The number of anilines is 1. The van der Waals surface area contributed by atoms with Crippen molar-refractivity contribution < 1.29 is 33.6 Å². The average molecular weight is 861 g/mol. The molecule has 2 aliphatic rings. The van der Waals surface area contributed by atoms with Crippen molar-refractivity contribution in [3.05, 3.63) is 89.3 Å². The van der Waals surface area contributed by atoms with E-state index < -0.39 is 18.1 Å². The zero-order valence-electron chi connectivity index (χ0n) is 35.5. The molecule has 0 saturated carbocycles. The fourth-order valence-corrected chi connectivity index (χ4v) is 9.41. The number of phenols is 1. The number of carbonyl (C=O) groups excluding carboxylic acids is 2. The molecule has 0 aliphatic carbocycles. The van der Waals surface area contributed by atoms with Crippen molar-refractivity contribution in [2.75, 3.05) is 37.7 Å². The molecule has 2 amide bonds. The summed E-state index contributed by atoms with van der Waals surface area (Å²) < 4.78 is 13.8. The van der Waals surface area contributed by atoms with Crippen LogP contribution >= 0.6 is 11.3 Å². The Balaban J connectivity index is 0.861. The van der Waals surface area contributed by atoms with Gasteiger partial charge in [0.1, 0.15) is 36.9 Å². The monoisotopic (exact) mass is 860 g/mol. The summed E-state index contributed by atoms with van der Waals surface area (Å²) in [6.07, 6.45) is 2.38. The minimum atomic E-state index is -0.838. The van der Waals surface area contributed by atoms with Crippen molar-refractivity contribution in [2.45, 2.75) is 83.5 Å². The highest BCUT2D eigenvalue weighted by molar-refractivity contribution is 7.13. The maximum Gasteiger partial charge on any atom is 0.254 e. The third-order valence-electron chi connectivity index (χ3n) is 12.1. The van der Waals surface area contributed by atoms with Crippen LogP contribution in [0.5, 0.6) is 11.6 Å². The van der Waals surface area contributed by atoms with Gasteiger partial charge in [0.15, 0.2) is 24.0 Å². The van der Waals surface area contributed by atoms with Crippen molar-refractivity contribution in [1.29, 1.82) is 0 Å². The van der Waals surface area contributed by atoms with E-state index in [9.17, 15) is 19.8 Å². The van der Waals surface area contributed by atoms with Gasteiger partial charge in [-0.05, 0) is 73.2 Å². The summed E-state index contributed by atoms with van der Waals surface area (Å²) in [4.78, 5) is 40.6. The van der Waals surface area contributed by atoms with Gasteiger partial charge in [-0.3, -0.25) is 9.59 Å². The van der Waals surface area contributed by atoms with Gasteiger partial charge in [-0.1, -0.05) is 50.2 Å². The number of aromatic nitrogens is 5. The summed E-state index contributed by atoms with van der Waals surface area (Å²) in [6.45, 7) is 14.6. The fourth-order valence-electron chi connectivity index (χ4n) is 8.60. The zero-order valence-corrected chi connectivity index (χ0v) is 36.3. The maximum absolute atomic E-state index is 14.2. The van der Waals surface area contributed by atoms with Gasteiger partial charge in [-0.25, -0.2) is 9.56 Å². The lowest BCUT2D eigenvalue weighted by atomic mass is 9.91. The standard InChI is InChI=1S/C46H53N9O6S/c1-27(2)42(46(59)55-25-34(56)22-37(55)45(58)48-28(3)30-13-15-31(16-14-30)43-29(4)47-26-62-43)39-23-41(52-61-39)60-19-18-53(5)33-10-8-9-17-54(24-33)40-21-32-20-36(50-51-44(32)49-40)35-11-6-7-12-38(35)57/h6-7,11-16,20-21,23,26-28,33-34,37,42,56H,5,8-10,17-19,22,24-25H2,1-4H3,(H2-,48,49,50,51,57,58)/p+1/t28-,33-,34+,37-,42?/m0/s1. The second-order valence-corrected chi connectivity index (χ2v) is 17.6. The molecule has 1 unspecified atom stereocenters. The van der Waals surface area contributed by atoms with Gasteiger partial charge in [0.05, 0.1) is 40.5 Å². The van der Waals surface area contributed by atoms with Gasteiger partial charge >= 0.3 is 0 Å². The van der Waals surface area contributed by atoms with Gasteiger partial charge in [0, 0.05) is 42.9 Å². The van der Waals surface area contributed by atoms with E-state index in [1.165, 1.54) is 4.90 Å². The number of aliphatic hydroxyl groups excluding tert-OH is 1. The Hall–Kier alpha value is -6.13. The number of ether oxygens (including phenoxy) is 1. The fraction of sp³-hybridized carbons (Fsp3) is 0.413. The van der Waals surface area contributed by atoms with Gasteiger partial charge in [0.2, 0.25) is 11.8 Å². The van der Waals surface area contributed by atoms with Crippen molar-refractivity contribution in [2.24, 2.45) is 5.92 Å². The molecule has 15 nitrogen and oxygen atoms in total. The van der Waals surface area contributed by atoms with Crippen LogP contribution in [0.25, 0.3) is 32.7 Å². The molecule has 62 heavy (non-hydrogen) atoms. The molecule has 2 fully saturated rings. The average Bonchev–Trinajstić information content (AvgIpc) is 4.05. The number of aryl methyl sites for hydroxylation is 1. The second kappa shape index (κ2) is 18.5. The molecule has 5 atom stereocenters. The number of aromatic amines is 1. The largest absolute Gasteiger partial charge is 0.507 e. The Morgan fingerprint density at radius 3 is 2.65 bits per heavy atom. The number of fused-ring (bicyclic) bond motifs is 1. The van der Waals surface area contributed by atoms with Crippen LogP contribution in [0.2, 0.25) is 0 Å². The van der Waals surface area contributed by atoms with Gasteiger partial charge in [-0.2, -0.15) is 0 Å². The SMILES string of the molecule is C=[N+](CCOc1cc(C(C(=O)N2C[C@H](O)C[C@H]2C(=O)N[C@@H](C)c2ccc(-c3scnc3C)cc2)C(C)C)on1)[C@H]1CCCCN(c2cc3cc(-c4ccccc4O)nnc3[nH]2)C1. The first kappa shape index (κ1) is 42.6. The van der Waals surface area contributed by atoms with Crippen molar-refractivity contribution >= 4 is 46.7 Å². The summed E-state index contributed by atoms with van der Waals surface area (Å²) in [5, 5.41) is 37.9. The van der Waals surface area contributed by atoms with E-state index in [1.54, 1.807) is 29.5 Å². The number of para-hydroxylation sites is 1. The number of carbonyl (C=O) groups is 2. The normalized spacial score (nSPS) is 19.1. The predicted octanol–water partition coefficient (Wildman–Crippen LogP) is 6.48. The molecule has 2 aromatic carbocycles. The van der Waals surface area contributed by atoms with E-state index in [4.69, 9.17) is 9.26 Å². The van der Waals surface area contributed by atoms with E-state index in [1.807, 2.05) is 75.7 Å². The van der Waals surface area contributed by atoms with Crippen molar-refractivity contribution in [1.82, 2.24) is 35.5 Å². The molecule has 4 aromatic heterocycles. The molecule has 2 saturated heterocycles. The molecule has 6 aromatic rings. The van der Waals surface area contributed by atoms with E-state index >= 15 is 0 Å². The first-order valence-corrected chi connectivity index (χ1v) is 22.2. The summed E-state index contributed by atoms with van der Waals surface area (Å²) >= 11 is 1.59. The first-order valence-electron chi connectivity index (χ1n) is 21.3. The molecular formula is C46H54N9O6S+. The summed E-state index contributed by atoms with van der Waals surface area (Å²) in [6, 6.07) is 19.8. The van der Waals surface area contributed by atoms with Crippen molar-refractivity contribution in [3.63, 3.8) is 0 Å². The van der Waals surface area contributed by atoms with Crippen LogP contribution in [0.3, 0.4) is 0 Å². The quantitative estimate of drug-likeness (QED) is 0.0694. The Bertz CT molecular complexity index is 2530. The smallest absolute Gasteiger partial charge is 0.254 e. The second-order valence-electron chi connectivity index (χ2n) is 16.8. The Morgan fingerprint density at radius 1 is 1.08 bits per heavy atom. The van der Waals surface area contributed by atoms with Crippen LogP contribution in [0.1, 0.15) is 75.4 Å². The van der Waals surface area contributed by atoms with Crippen LogP contribution in [0, 0.1) is 12.8 Å². The number of phenolic OH excluding ortho intramolecular Hbond substituents is 1. The number of nitrogens with one attached hydrogen (secondary N) is 2.